The molecule has 0 saturated carbocycles. The van der Waals surface area contributed by atoms with Gasteiger partial charge in [0.15, 0.2) is 0 Å². The van der Waals surface area contributed by atoms with Crippen molar-refractivity contribution >= 4 is 0 Å². The average Bonchev–Trinajstić information content (AvgIpc) is 3.02. The predicted molar refractivity (Wildman–Crippen MR) is 94.7 cm³/mol. The Balaban J connectivity index is 1.53. The number of benzene rings is 2. The number of nitrogens with one attached hydrogen (secondary N) is 1. The summed E-state index contributed by atoms with van der Waals surface area (Å²) in [7, 11) is 1.72. The molecule has 122 valence electrons. The van der Waals surface area contributed by atoms with Crippen LogP contribution in [-0.4, -0.2) is 31.1 Å². The molecule has 0 aliphatic carbocycles. The summed E-state index contributed by atoms with van der Waals surface area (Å²) >= 11 is 0. The van der Waals surface area contributed by atoms with Gasteiger partial charge in [0.2, 0.25) is 0 Å². The van der Waals surface area contributed by atoms with E-state index in [-0.39, 0.29) is 0 Å². The van der Waals surface area contributed by atoms with Gasteiger partial charge in [0.1, 0.15) is 5.75 Å². The first-order valence-electron chi connectivity index (χ1n) is 8.41. The lowest BCUT2D eigenvalue weighted by Crippen LogP contribution is -2.34. The van der Waals surface area contributed by atoms with Crippen LogP contribution < -0.4 is 10.1 Å². The topological polar surface area (TPSA) is 24.5 Å². The summed E-state index contributed by atoms with van der Waals surface area (Å²) < 4.78 is 5.32. The number of likely N-dealkylation sites (tertiary alicyclic amines) is 1. The summed E-state index contributed by atoms with van der Waals surface area (Å²) in [5, 5.41) is 3.76. The van der Waals surface area contributed by atoms with Gasteiger partial charge in [-0.05, 0) is 36.6 Å². The molecule has 3 nitrogen and oxygen atoms in total. The smallest absolute Gasteiger partial charge is 0.119 e. The number of methoxy groups -OCH3 is 1. The Kier molecular flexibility index (Phi) is 5.31. The minimum absolute atomic E-state index is 0.340. The first-order chi connectivity index (χ1) is 11.2. The molecule has 2 aromatic rings. The Bertz CT molecular complexity index is 614. The predicted octanol–water partition coefficient (Wildman–Crippen LogP) is 3.62. The highest BCUT2D eigenvalue weighted by Crippen LogP contribution is 2.21. The molecule has 1 aliphatic heterocycles. The largest absolute Gasteiger partial charge is 0.497 e. The first kappa shape index (κ1) is 16.0. The van der Waals surface area contributed by atoms with Crippen molar-refractivity contribution in [3.05, 3.63) is 65.7 Å². The highest BCUT2D eigenvalue weighted by Gasteiger charge is 2.23. The lowest BCUT2D eigenvalue weighted by molar-refractivity contribution is 0.316. The van der Waals surface area contributed by atoms with Gasteiger partial charge < -0.3 is 10.1 Å². The summed E-state index contributed by atoms with van der Waals surface area (Å²) in [5.74, 6) is 0.924. The van der Waals surface area contributed by atoms with Crippen molar-refractivity contribution in [1.82, 2.24) is 10.2 Å². The van der Waals surface area contributed by atoms with Gasteiger partial charge in [0.05, 0.1) is 7.11 Å². The van der Waals surface area contributed by atoms with Crippen LogP contribution in [0.4, 0.5) is 0 Å². The summed E-state index contributed by atoms with van der Waals surface area (Å²) in [6, 6.07) is 20.0. The molecule has 2 aromatic carbocycles. The van der Waals surface area contributed by atoms with Gasteiger partial charge in [-0.25, -0.2) is 0 Å². The summed E-state index contributed by atoms with van der Waals surface area (Å²) in [5.41, 5.74) is 2.68. The highest BCUT2D eigenvalue weighted by atomic mass is 16.5. The van der Waals surface area contributed by atoms with Crippen molar-refractivity contribution in [1.29, 1.82) is 0 Å². The Hall–Kier alpha value is -1.84. The normalized spacial score (nSPS) is 19.7. The highest BCUT2D eigenvalue weighted by molar-refractivity contribution is 5.30. The molecular weight excluding hydrogens is 284 g/mol. The maximum Gasteiger partial charge on any atom is 0.119 e. The van der Waals surface area contributed by atoms with E-state index in [4.69, 9.17) is 4.74 Å². The molecule has 1 fully saturated rings. The quantitative estimate of drug-likeness (QED) is 0.882. The van der Waals surface area contributed by atoms with Gasteiger partial charge in [0.25, 0.3) is 0 Å². The molecule has 2 atom stereocenters. The Morgan fingerprint density at radius 1 is 1.17 bits per heavy atom. The van der Waals surface area contributed by atoms with Gasteiger partial charge in [-0.2, -0.15) is 0 Å². The van der Waals surface area contributed by atoms with Gasteiger partial charge >= 0.3 is 0 Å². The fourth-order valence-electron chi connectivity index (χ4n) is 3.31. The van der Waals surface area contributed by atoms with E-state index in [0.29, 0.717) is 12.1 Å². The second-order valence-electron chi connectivity index (χ2n) is 6.37. The van der Waals surface area contributed by atoms with E-state index in [0.717, 1.165) is 25.4 Å². The van der Waals surface area contributed by atoms with E-state index in [9.17, 15) is 0 Å². The molecule has 0 amide bonds. The monoisotopic (exact) mass is 310 g/mol. The van der Waals surface area contributed by atoms with Crippen LogP contribution in [0.3, 0.4) is 0 Å². The molecule has 3 rings (SSSR count). The Morgan fingerprint density at radius 2 is 2.00 bits per heavy atom. The van der Waals surface area contributed by atoms with Crippen LogP contribution in [0, 0.1) is 0 Å². The van der Waals surface area contributed by atoms with E-state index in [2.05, 4.69) is 65.7 Å². The van der Waals surface area contributed by atoms with E-state index in [1.54, 1.807) is 7.11 Å². The molecule has 1 aliphatic rings. The molecule has 23 heavy (non-hydrogen) atoms. The number of nitrogens with zero attached hydrogens (tertiary/aromatic N) is 1. The zero-order valence-corrected chi connectivity index (χ0v) is 14.0. The molecule has 1 saturated heterocycles. The fourth-order valence-corrected chi connectivity index (χ4v) is 3.31. The Morgan fingerprint density at radius 3 is 2.78 bits per heavy atom. The SMILES string of the molecule is COc1cccc([C@@H](C)N[C@H]2CCN(Cc3ccccc3)C2)c1. The second-order valence-corrected chi connectivity index (χ2v) is 6.37. The van der Waals surface area contributed by atoms with Crippen molar-refractivity contribution in [2.45, 2.75) is 32.0 Å². The molecule has 0 bridgehead atoms. The summed E-state index contributed by atoms with van der Waals surface area (Å²) in [6.45, 7) is 5.56. The number of ether oxygens (including phenoxy) is 1. The molecule has 3 heteroatoms. The molecule has 0 radical (unpaired) electrons. The van der Waals surface area contributed by atoms with Crippen LogP contribution in [0.25, 0.3) is 0 Å². The minimum atomic E-state index is 0.340. The van der Waals surface area contributed by atoms with Crippen LogP contribution in [0.2, 0.25) is 0 Å². The lowest BCUT2D eigenvalue weighted by atomic mass is 10.1. The number of rotatable bonds is 6. The maximum absolute atomic E-state index is 5.32. The average molecular weight is 310 g/mol. The molecule has 0 spiro atoms. The molecular formula is C20H26N2O. The van der Waals surface area contributed by atoms with Crippen molar-refractivity contribution in [2.24, 2.45) is 0 Å². The van der Waals surface area contributed by atoms with Crippen molar-refractivity contribution < 1.29 is 4.74 Å². The summed E-state index contributed by atoms with van der Waals surface area (Å²) in [4.78, 5) is 2.53. The van der Waals surface area contributed by atoms with Gasteiger partial charge in [-0.3, -0.25) is 4.90 Å². The zero-order valence-electron chi connectivity index (χ0n) is 14.0. The zero-order chi connectivity index (χ0) is 16.1. The van der Waals surface area contributed by atoms with Crippen LogP contribution in [-0.2, 0) is 6.54 Å². The number of hydrogen-bond acceptors (Lipinski definition) is 3. The van der Waals surface area contributed by atoms with Crippen LogP contribution in [0.15, 0.2) is 54.6 Å². The lowest BCUT2D eigenvalue weighted by Gasteiger charge is -2.21. The van der Waals surface area contributed by atoms with Gasteiger partial charge in [0, 0.05) is 31.7 Å². The van der Waals surface area contributed by atoms with E-state index >= 15 is 0 Å². The van der Waals surface area contributed by atoms with Crippen LogP contribution in [0.5, 0.6) is 5.75 Å². The first-order valence-corrected chi connectivity index (χ1v) is 8.41. The van der Waals surface area contributed by atoms with E-state index in [1.807, 2.05) is 6.07 Å². The van der Waals surface area contributed by atoms with Gasteiger partial charge in [-0.1, -0.05) is 42.5 Å². The van der Waals surface area contributed by atoms with E-state index < -0.39 is 0 Å². The molecule has 0 aromatic heterocycles. The van der Waals surface area contributed by atoms with Crippen LogP contribution >= 0.6 is 0 Å². The van der Waals surface area contributed by atoms with Crippen molar-refractivity contribution in [3.8, 4) is 5.75 Å². The molecule has 0 unspecified atom stereocenters. The van der Waals surface area contributed by atoms with E-state index in [1.165, 1.54) is 17.5 Å². The second kappa shape index (κ2) is 7.62. The standard InChI is InChI=1S/C20H26N2O/c1-16(18-9-6-10-20(13-18)23-2)21-19-11-12-22(15-19)14-17-7-4-3-5-8-17/h3-10,13,16,19,21H,11-12,14-15H2,1-2H3/t16-,19+/m1/s1. The summed E-state index contributed by atoms with van der Waals surface area (Å²) in [6.07, 6.45) is 1.21. The third-order valence-electron chi connectivity index (χ3n) is 4.60. The van der Waals surface area contributed by atoms with Crippen molar-refractivity contribution in [2.75, 3.05) is 20.2 Å². The minimum Gasteiger partial charge on any atom is -0.497 e. The third-order valence-corrected chi connectivity index (χ3v) is 4.60. The third kappa shape index (κ3) is 4.34. The number of hydrogen-bond donors (Lipinski definition) is 1. The van der Waals surface area contributed by atoms with Crippen molar-refractivity contribution in [3.63, 3.8) is 0 Å². The molecule has 1 heterocycles. The Labute approximate surface area is 139 Å². The molecule has 1 N–H and O–H groups in total. The fraction of sp³-hybridized carbons (Fsp3) is 0.400. The van der Waals surface area contributed by atoms with Gasteiger partial charge in [-0.15, -0.1) is 0 Å². The van der Waals surface area contributed by atoms with Crippen LogP contribution in [0.1, 0.15) is 30.5 Å². The maximum atomic E-state index is 5.32.